The summed E-state index contributed by atoms with van der Waals surface area (Å²) in [4.78, 5) is 49.8. The van der Waals surface area contributed by atoms with Gasteiger partial charge in [-0.2, -0.15) is 0 Å². The summed E-state index contributed by atoms with van der Waals surface area (Å²) in [6.45, 7) is 0.468. The predicted octanol–water partition coefficient (Wildman–Crippen LogP) is 0.559. The van der Waals surface area contributed by atoms with Crippen molar-refractivity contribution in [1.82, 2.24) is 15.3 Å². The maximum atomic E-state index is 11.7. The summed E-state index contributed by atoms with van der Waals surface area (Å²) >= 11 is 3.09. The highest BCUT2D eigenvalue weighted by Gasteiger charge is 2.23. The average Bonchev–Trinajstić information content (AvgIpc) is 2.58. The van der Waals surface area contributed by atoms with Gasteiger partial charge < -0.3 is 26.1 Å². The Labute approximate surface area is 160 Å². The molecule has 11 nitrogen and oxygen atoms in total. The second kappa shape index (κ2) is 8.88. The second-order valence-electron chi connectivity index (χ2n) is 5.84. The van der Waals surface area contributed by atoms with Crippen LogP contribution in [0.5, 0.6) is 0 Å². The Hall–Kier alpha value is -2.57. The summed E-state index contributed by atoms with van der Waals surface area (Å²) in [6, 6.07) is 0.551. The molecular formula is C15H18BrN5O6. The normalized spacial score (nSPS) is 12.2. The van der Waals surface area contributed by atoms with Crippen molar-refractivity contribution in [1.29, 1.82) is 0 Å². The SMILES string of the molecule is NCCCC[C@H](NCc1cc(Br)c([N+](=O)[O-])c2[nH]c(=O)c(=O)[nH]c12)C(=O)O. The Morgan fingerprint density at radius 3 is 2.48 bits per heavy atom. The molecular weight excluding hydrogens is 426 g/mol. The van der Waals surface area contributed by atoms with Crippen molar-refractivity contribution in [3.05, 3.63) is 46.9 Å². The number of hydrogen-bond acceptors (Lipinski definition) is 7. The summed E-state index contributed by atoms with van der Waals surface area (Å²) in [5.41, 5.74) is 3.33. The number of aromatic amines is 2. The van der Waals surface area contributed by atoms with Crippen molar-refractivity contribution in [2.45, 2.75) is 31.8 Å². The Balaban J connectivity index is 2.43. The quantitative estimate of drug-likeness (QED) is 0.161. The van der Waals surface area contributed by atoms with Crippen LogP contribution in [-0.4, -0.2) is 38.6 Å². The molecule has 2 rings (SSSR count). The van der Waals surface area contributed by atoms with Gasteiger partial charge in [-0.15, -0.1) is 0 Å². The van der Waals surface area contributed by atoms with Gasteiger partial charge in [-0.1, -0.05) is 6.42 Å². The van der Waals surface area contributed by atoms with E-state index in [1.54, 1.807) is 0 Å². The number of nitrogens with zero attached hydrogens (tertiary/aromatic N) is 1. The topological polar surface area (TPSA) is 184 Å². The van der Waals surface area contributed by atoms with Crippen LogP contribution in [0.15, 0.2) is 20.1 Å². The zero-order valence-electron chi connectivity index (χ0n) is 14.1. The standard InChI is InChI=1S/C15H18BrN5O6/c16-8-5-7(6-18-9(15(24)25)3-1-2-4-17)10-11(12(8)21(26)27)20-14(23)13(22)19-10/h5,9,18H,1-4,6,17H2,(H,19,22)(H,20,23)(H,24,25)/t9-/m0/s1. The van der Waals surface area contributed by atoms with Crippen LogP contribution < -0.4 is 22.2 Å². The van der Waals surface area contributed by atoms with Crippen LogP contribution in [0.4, 0.5) is 5.69 Å². The van der Waals surface area contributed by atoms with Gasteiger partial charge in [0.05, 0.1) is 14.9 Å². The number of unbranched alkanes of at least 4 members (excludes halogenated alkanes) is 1. The van der Waals surface area contributed by atoms with Crippen molar-refractivity contribution in [2.24, 2.45) is 5.73 Å². The average molecular weight is 444 g/mol. The highest BCUT2D eigenvalue weighted by Crippen LogP contribution is 2.33. The number of hydrogen-bond donors (Lipinski definition) is 5. The van der Waals surface area contributed by atoms with Crippen LogP contribution in [0, 0.1) is 10.1 Å². The minimum atomic E-state index is -1.04. The molecule has 1 heterocycles. The smallest absolute Gasteiger partial charge is 0.320 e. The number of halogens is 1. The first-order valence-corrected chi connectivity index (χ1v) is 8.84. The molecule has 27 heavy (non-hydrogen) atoms. The van der Waals surface area contributed by atoms with Crippen molar-refractivity contribution >= 4 is 38.6 Å². The molecule has 1 atom stereocenters. The van der Waals surface area contributed by atoms with E-state index >= 15 is 0 Å². The van der Waals surface area contributed by atoms with E-state index in [0.29, 0.717) is 31.4 Å². The first-order chi connectivity index (χ1) is 12.8. The summed E-state index contributed by atoms with van der Waals surface area (Å²) < 4.78 is 0.0921. The fraction of sp³-hybridized carbons (Fsp3) is 0.400. The van der Waals surface area contributed by atoms with Gasteiger partial charge in [-0.05, 0) is 46.9 Å². The van der Waals surface area contributed by atoms with E-state index in [9.17, 15) is 29.6 Å². The maximum Gasteiger partial charge on any atom is 0.320 e. The number of nitro benzene ring substituents is 1. The molecule has 6 N–H and O–H groups in total. The zero-order chi connectivity index (χ0) is 20.1. The number of rotatable bonds is 9. The zero-order valence-corrected chi connectivity index (χ0v) is 15.7. The molecule has 0 fully saturated rings. The number of carbonyl (C=O) groups is 1. The van der Waals surface area contributed by atoms with Crippen LogP contribution in [0.2, 0.25) is 0 Å². The number of nitrogens with two attached hydrogens (primary N) is 1. The molecule has 0 aliphatic carbocycles. The third kappa shape index (κ3) is 4.78. The molecule has 0 radical (unpaired) electrons. The summed E-state index contributed by atoms with van der Waals surface area (Å²) in [6.07, 6.45) is 1.66. The predicted molar refractivity (Wildman–Crippen MR) is 101 cm³/mol. The number of fused-ring (bicyclic) bond motifs is 1. The molecule has 0 bridgehead atoms. The number of aliphatic carboxylic acids is 1. The van der Waals surface area contributed by atoms with Crippen LogP contribution in [0.25, 0.3) is 11.0 Å². The Kier molecular flexibility index (Phi) is 6.82. The lowest BCUT2D eigenvalue weighted by molar-refractivity contribution is -0.384. The highest BCUT2D eigenvalue weighted by atomic mass is 79.9. The van der Waals surface area contributed by atoms with Gasteiger partial charge in [0, 0.05) is 6.54 Å². The van der Waals surface area contributed by atoms with Crippen LogP contribution in [0.3, 0.4) is 0 Å². The fourth-order valence-electron chi connectivity index (χ4n) is 2.65. The lowest BCUT2D eigenvalue weighted by Gasteiger charge is -2.15. The first kappa shape index (κ1) is 20.7. The second-order valence-corrected chi connectivity index (χ2v) is 6.69. The van der Waals surface area contributed by atoms with Crippen molar-refractivity contribution in [2.75, 3.05) is 6.54 Å². The van der Waals surface area contributed by atoms with Gasteiger partial charge in [0.2, 0.25) is 0 Å². The molecule has 0 aliphatic heterocycles. The van der Waals surface area contributed by atoms with E-state index in [2.05, 4.69) is 31.2 Å². The van der Waals surface area contributed by atoms with Crippen molar-refractivity contribution < 1.29 is 14.8 Å². The van der Waals surface area contributed by atoms with Gasteiger partial charge in [0.15, 0.2) is 0 Å². The van der Waals surface area contributed by atoms with E-state index in [-0.39, 0.29) is 22.1 Å². The molecule has 0 amide bonds. The third-order valence-corrected chi connectivity index (χ3v) is 4.59. The number of H-pyrrole nitrogens is 2. The van der Waals surface area contributed by atoms with Gasteiger partial charge >= 0.3 is 22.8 Å². The van der Waals surface area contributed by atoms with Crippen LogP contribution in [-0.2, 0) is 11.3 Å². The number of nitro groups is 1. The number of nitrogens with one attached hydrogen (secondary N) is 3. The lowest BCUT2D eigenvalue weighted by atomic mass is 10.1. The highest BCUT2D eigenvalue weighted by molar-refractivity contribution is 9.10. The van der Waals surface area contributed by atoms with Gasteiger partial charge in [-0.3, -0.25) is 24.5 Å². The fourth-order valence-corrected chi connectivity index (χ4v) is 3.27. The van der Waals surface area contributed by atoms with Crippen LogP contribution >= 0.6 is 15.9 Å². The van der Waals surface area contributed by atoms with E-state index in [1.165, 1.54) is 6.07 Å². The van der Waals surface area contributed by atoms with Gasteiger partial charge in [0.1, 0.15) is 11.6 Å². The molecule has 1 aromatic carbocycles. The molecule has 0 unspecified atom stereocenters. The van der Waals surface area contributed by atoms with E-state index < -0.39 is 33.7 Å². The largest absolute Gasteiger partial charge is 0.480 e. The van der Waals surface area contributed by atoms with Crippen molar-refractivity contribution in [3.8, 4) is 0 Å². The number of carboxylic acids is 1. The minimum Gasteiger partial charge on any atom is -0.480 e. The van der Waals surface area contributed by atoms with Crippen LogP contribution in [0.1, 0.15) is 24.8 Å². The van der Waals surface area contributed by atoms with E-state index in [1.807, 2.05) is 0 Å². The molecule has 0 aliphatic rings. The van der Waals surface area contributed by atoms with Crippen molar-refractivity contribution in [3.63, 3.8) is 0 Å². The molecule has 12 heteroatoms. The molecule has 0 spiro atoms. The number of aromatic nitrogens is 2. The molecule has 1 aromatic heterocycles. The number of benzene rings is 1. The Morgan fingerprint density at radius 2 is 1.93 bits per heavy atom. The molecule has 2 aromatic rings. The molecule has 0 saturated carbocycles. The van der Waals surface area contributed by atoms with E-state index in [4.69, 9.17) is 5.73 Å². The minimum absolute atomic E-state index is 0.00860. The first-order valence-electron chi connectivity index (χ1n) is 8.04. The third-order valence-electron chi connectivity index (χ3n) is 3.98. The number of carboxylic acid groups (broad SMARTS) is 1. The summed E-state index contributed by atoms with van der Waals surface area (Å²) in [7, 11) is 0. The monoisotopic (exact) mass is 443 g/mol. The lowest BCUT2D eigenvalue weighted by Crippen LogP contribution is -2.36. The van der Waals surface area contributed by atoms with E-state index in [0.717, 1.165) is 0 Å². The van der Waals surface area contributed by atoms with Gasteiger partial charge in [-0.25, -0.2) is 0 Å². The molecule has 0 saturated heterocycles. The Bertz CT molecular complexity index is 985. The summed E-state index contributed by atoms with van der Waals surface area (Å²) in [5.74, 6) is -1.04. The summed E-state index contributed by atoms with van der Waals surface area (Å²) in [5, 5.41) is 23.5. The van der Waals surface area contributed by atoms with Gasteiger partial charge in [0.25, 0.3) is 0 Å². The molecule has 146 valence electrons. The Morgan fingerprint density at radius 1 is 1.30 bits per heavy atom. The maximum absolute atomic E-state index is 11.7.